The molecule has 0 radical (unpaired) electrons. The molecule has 0 saturated carbocycles. The smallest absolute Gasteiger partial charge is 0.293 e. The van der Waals surface area contributed by atoms with E-state index in [1.54, 1.807) is 30.3 Å². The van der Waals surface area contributed by atoms with E-state index in [2.05, 4.69) is 22.6 Å². The Morgan fingerprint density at radius 2 is 1.97 bits per heavy atom. The van der Waals surface area contributed by atoms with Crippen LogP contribution >= 0.6 is 34.4 Å². The van der Waals surface area contributed by atoms with Gasteiger partial charge in [-0.3, -0.25) is 14.5 Å². The molecule has 1 aliphatic heterocycles. The minimum absolute atomic E-state index is 0.0560. The van der Waals surface area contributed by atoms with Crippen molar-refractivity contribution in [1.29, 1.82) is 0 Å². The van der Waals surface area contributed by atoms with Crippen molar-refractivity contribution in [3.8, 4) is 11.5 Å². The molecule has 2 aromatic carbocycles. The lowest BCUT2D eigenvalue weighted by Crippen LogP contribution is -2.31. The van der Waals surface area contributed by atoms with Crippen LogP contribution in [0.3, 0.4) is 0 Å². The van der Waals surface area contributed by atoms with Crippen LogP contribution in [0.2, 0.25) is 0 Å². The number of halogens is 2. The molecule has 1 fully saturated rings. The Morgan fingerprint density at radius 3 is 2.68 bits per heavy atom. The predicted octanol–water partition coefficient (Wildman–Crippen LogP) is 5.09. The van der Waals surface area contributed by atoms with E-state index >= 15 is 0 Å². The zero-order valence-corrected chi connectivity index (χ0v) is 20.0. The van der Waals surface area contributed by atoms with E-state index in [0.717, 1.165) is 15.3 Å². The second kappa shape index (κ2) is 11.0. The van der Waals surface area contributed by atoms with Gasteiger partial charge in [0, 0.05) is 12.7 Å². The summed E-state index contributed by atoms with van der Waals surface area (Å²) >= 11 is 3.00. The lowest BCUT2D eigenvalue weighted by molar-refractivity contribution is -0.123. The molecule has 1 saturated heterocycles. The molecule has 0 N–H and O–H groups in total. The van der Waals surface area contributed by atoms with Gasteiger partial charge in [0.15, 0.2) is 11.5 Å². The van der Waals surface area contributed by atoms with E-state index < -0.39 is 0 Å². The number of carbonyl (C=O) groups is 2. The van der Waals surface area contributed by atoms with Gasteiger partial charge >= 0.3 is 0 Å². The molecule has 6 nitrogen and oxygen atoms in total. The molecule has 0 bridgehead atoms. The summed E-state index contributed by atoms with van der Waals surface area (Å²) in [6.45, 7) is 2.81. The van der Waals surface area contributed by atoms with Crippen LogP contribution in [0.25, 0.3) is 6.08 Å². The van der Waals surface area contributed by atoms with Gasteiger partial charge in [-0.2, -0.15) is 0 Å². The first-order chi connectivity index (χ1) is 14.9. The Kier molecular flexibility index (Phi) is 8.33. The lowest BCUT2D eigenvalue weighted by Gasteiger charge is -2.15. The average molecular weight is 557 g/mol. The van der Waals surface area contributed by atoms with Crippen LogP contribution in [0.15, 0.2) is 41.3 Å². The molecule has 1 heterocycles. The van der Waals surface area contributed by atoms with Crippen molar-refractivity contribution in [2.75, 3.05) is 26.9 Å². The zero-order chi connectivity index (χ0) is 22.4. The summed E-state index contributed by atoms with van der Waals surface area (Å²) in [4.78, 5) is 26.2. The van der Waals surface area contributed by atoms with Gasteiger partial charge in [-0.25, -0.2) is 4.39 Å². The van der Waals surface area contributed by atoms with Gasteiger partial charge < -0.3 is 14.2 Å². The number of nitrogens with zero attached hydrogens (tertiary/aromatic N) is 1. The fourth-order valence-electron chi connectivity index (χ4n) is 2.87. The third-order valence-electron chi connectivity index (χ3n) is 4.35. The summed E-state index contributed by atoms with van der Waals surface area (Å²) in [5, 5.41) is -0.321. The van der Waals surface area contributed by atoms with Crippen LogP contribution in [-0.2, 0) is 16.1 Å². The van der Waals surface area contributed by atoms with Crippen molar-refractivity contribution in [3.63, 3.8) is 0 Å². The number of amides is 2. The molecule has 0 spiro atoms. The van der Waals surface area contributed by atoms with Crippen LogP contribution in [0.1, 0.15) is 18.1 Å². The Morgan fingerprint density at radius 1 is 1.19 bits per heavy atom. The van der Waals surface area contributed by atoms with E-state index in [4.69, 9.17) is 14.2 Å². The van der Waals surface area contributed by atoms with Gasteiger partial charge in [0.25, 0.3) is 11.1 Å². The number of carbonyl (C=O) groups excluding carboxylic acids is 2. The first kappa shape index (κ1) is 23.6. The number of thioether (sulfide) groups is 1. The molecule has 0 aromatic heterocycles. The maximum absolute atomic E-state index is 13.9. The molecule has 0 atom stereocenters. The Labute approximate surface area is 197 Å². The van der Waals surface area contributed by atoms with Gasteiger partial charge in [0.05, 0.1) is 28.2 Å². The third kappa shape index (κ3) is 5.78. The van der Waals surface area contributed by atoms with Crippen molar-refractivity contribution in [2.24, 2.45) is 0 Å². The van der Waals surface area contributed by atoms with Crippen molar-refractivity contribution < 1.29 is 28.2 Å². The highest BCUT2D eigenvalue weighted by Gasteiger charge is 2.34. The summed E-state index contributed by atoms with van der Waals surface area (Å²) < 4.78 is 31.2. The number of methoxy groups -OCH3 is 1. The van der Waals surface area contributed by atoms with Gasteiger partial charge in [-0.15, -0.1) is 0 Å². The van der Waals surface area contributed by atoms with Gasteiger partial charge in [-0.1, -0.05) is 18.2 Å². The Hall–Kier alpha value is -2.11. The third-order valence-corrected chi connectivity index (χ3v) is 6.06. The number of ether oxygens (including phenoxy) is 3. The molecule has 31 heavy (non-hydrogen) atoms. The average Bonchev–Trinajstić information content (AvgIpc) is 3.00. The second-order valence-electron chi connectivity index (χ2n) is 6.47. The van der Waals surface area contributed by atoms with Crippen molar-refractivity contribution in [3.05, 3.63) is 61.8 Å². The maximum atomic E-state index is 13.9. The number of imide groups is 1. The minimum Gasteiger partial charge on any atom is -0.490 e. The summed E-state index contributed by atoms with van der Waals surface area (Å²) in [6, 6.07) is 9.99. The van der Waals surface area contributed by atoms with Crippen molar-refractivity contribution in [1.82, 2.24) is 4.90 Å². The first-order valence-electron chi connectivity index (χ1n) is 9.51. The maximum Gasteiger partial charge on any atom is 0.293 e. The summed E-state index contributed by atoms with van der Waals surface area (Å²) in [5.74, 6) is 0.294. The topological polar surface area (TPSA) is 65.1 Å². The molecule has 3 rings (SSSR count). The number of hydrogen-bond acceptors (Lipinski definition) is 6. The van der Waals surface area contributed by atoms with Crippen molar-refractivity contribution >= 4 is 51.6 Å². The quantitative estimate of drug-likeness (QED) is 0.316. The number of hydrogen-bond donors (Lipinski definition) is 0. The predicted molar refractivity (Wildman–Crippen MR) is 126 cm³/mol. The molecule has 2 amide bonds. The summed E-state index contributed by atoms with van der Waals surface area (Å²) in [6.07, 6.45) is 1.66. The van der Waals surface area contributed by atoms with Crippen LogP contribution < -0.4 is 9.47 Å². The molecular weight excluding hydrogens is 536 g/mol. The largest absolute Gasteiger partial charge is 0.490 e. The number of rotatable bonds is 9. The first-order valence-corrected chi connectivity index (χ1v) is 11.4. The molecule has 9 heteroatoms. The van der Waals surface area contributed by atoms with E-state index in [1.807, 2.05) is 13.0 Å². The second-order valence-corrected chi connectivity index (χ2v) is 8.62. The Balaban J connectivity index is 1.84. The monoisotopic (exact) mass is 557 g/mol. The van der Waals surface area contributed by atoms with Crippen LogP contribution in [0, 0.1) is 9.39 Å². The SMILES string of the molecule is CCOc1cc(/C=C2/SC(=O)N(CCOC)C2=O)cc(I)c1OCc1ccccc1F. The molecule has 0 aliphatic carbocycles. The van der Waals surface area contributed by atoms with Crippen LogP contribution in [0.5, 0.6) is 11.5 Å². The van der Waals surface area contributed by atoms with Gasteiger partial charge in [0.2, 0.25) is 0 Å². The number of benzene rings is 2. The van der Waals surface area contributed by atoms with Gasteiger partial charge in [0.1, 0.15) is 12.4 Å². The van der Waals surface area contributed by atoms with E-state index in [0.29, 0.717) is 34.1 Å². The van der Waals surface area contributed by atoms with Crippen LogP contribution in [-0.4, -0.2) is 42.9 Å². The highest BCUT2D eigenvalue weighted by atomic mass is 127. The molecule has 0 unspecified atom stereocenters. The highest BCUT2D eigenvalue weighted by molar-refractivity contribution is 14.1. The fraction of sp³-hybridized carbons (Fsp3) is 0.273. The van der Waals surface area contributed by atoms with E-state index in [1.165, 1.54) is 18.1 Å². The standard InChI is InChI=1S/C22H21FINO5S/c1-3-29-18-11-14(12-19-21(26)25(8-9-28-2)22(27)31-19)10-17(24)20(18)30-13-15-6-4-5-7-16(15)23/h4-7,10-12H,3,8-9,13H2,1-2H3/b19-12+. The van der Waals surface area contributed by atoms with Crippen molar-refractivity contribution in [2.45, 2.75) is 13.5 Å². The molecule has 1 aliphatic rings. The normalized spacial score (nSPS) is 15.1. The Bertz CT molecular complexity index is 1010. The summed E-state index contributed by atoms with van der Waals surface area (Å²) in [5.41, 5.74) is 1.14. The molecular formula is C22H21FINO5S. The summed E-state index contributed by atoms with van der Waals surface area (Å²) in [7, 11) is 1.52. The fourth-order valence-corrected chi connectivity index (χ4v) is 4.51. The zero-order valence-electron chi connectivity index (χ0n) is 17.0. The van der Waals surface area contributed by atoms with E-state index in [-0.39, 0.29) is 36.7 Å². The van der Waals surface area contributed by atoms with Crippen LogP contribution in [0.4, 0.5) is 9.18 Å². The van der Waals surface area contributed by atoms with E-state index in [9.17, 15) is 14.0 Å². The lowest BCUT2D eigenvalue weighted by atomic mass is 10.1. The molecule has 164 valence electrons. The molecule has 2 aromatic rings. The highest BCUT2D eigenvalue weighted by Crippen LogP contribution is 2.38. The van der Waals surface area contributed by atoms with Gasteiger partial charge in [-0.05, 0) is 71.1 Å². The minimum atomic E-state index is -0.347.